The number of carbonyl (C=O) groups is 1. The number of hydrogen-bond acceptors (Lipinski definition) is 4. The van der Waals surface area contributed by atoms with E-state index in [1.54, 1.807) is 0 Å². The number of halogens is 3. The van der Waals surface area contributed by atoms with Crippen molar-refractivity contribution >= 4 is 17.3 Å². The summed E-state index contributed by atoms with van der Waals surface area (Å²) >= 11 is 0. The Labute approximate surface area is 117 Å². The predicted octanol–water partition coefficient (Wildman–Crippen LogP) is 3.36. The Kier molecular flexibility index (Phi) is 5.12. The average Bonchev–Trinajstić information content (AvgIpc) is 2.34. The SMILES string of the molecule is Cc1c(NCCCC(F)(F)F)cc(C(=O)O)cc1[N+](=O)[O-]. The number of carboxylic acids is 1. The van der Waals surface area contributed by atoms with Crippen molar-refractivity contribution in [2.24, 2.45) is 0 Å². The van der Waals surface area contributed by atoms with Gasteiger partial charge in [0, 0.05) is 30.3 Å². The molecule has 0 aromatic heterocycles. The van der Waals surface area contributed by atoms with Crippen molar-refractivity contribution in [3.63, 3.8) is 0 Å². The minimum absolute atomic E-state index is 0.0689. The van der Waals surface area contributed by atoms with Crippen LogP contribution in [0.5, 0.6) is 0 Å². The quantitative estimate of drug-likeness (QED) is 0.477. The molecule has 0 spiro atoms. The number of carboxylic acid groups (broad SMARTS) is 1. The maximum atomic E-state index is 12.0. The maximum Gasteiger partial charge on any atom is 0.389 e. The summed E-state index contributed by atoms with van der Waals surface area (Å²) in [6.07, 6.45) is -5.47. The Morgan fingerprint density at radius 1 is 1.43 bits per heavy atom. The van der Waals surface area contributed by atoms with Gasteiger partial charge in [0.2, 0.25) is 0 Å². The smallest absolute Gasteiger partial charge is 0.389 e. The molecule has 0 aliphatic heterocycles. The number of benzene rings is 1. The molecule has 2 N–H and O–H groups in total. The fraction of sp³-hybridized carbons (Fsp3) is 0.417. The number of rotatable bonds is 6. The molecule has 0 aliphatic rings. The second-order valence-corrected chi connectivity index (χ2v) is 4.38. The summed E-state index contributed by atoms with van der Waals surface area (Å²) in [6.45, 7) is 1.33. The molecule has 0 atom stereocenters. The highest BCUT2D eigenvalue weighted by Gasteiger charge is 2.26. The molecule has 0 unspecified atom stereocenters. The fourth-order valence-electron chi connectivity index (χ4n) is 1.71. The highest BCUT2D eigenvalue weighted by atomic mass is 19.4. The van der Waals surface area contributed by atoms with Crippen LogP contribution in [-0.2, 0) is 0 Å². The van der Waals surface area contributed by atoms with Gasteiger partial charge in [0.25, 0.3) is 5.69 Å². The van der Waals surface area contributed by atoms with Gasteiger partial charge in [-0.15, -0.1) is 0 Å². The third-order valence-electron chi connectivity index (χ3n) is 2.78. The van der Waals surface area contributed by atoms with Gasteiger partial charge in [0.1, 0.15) is 0 Å². The van der Waals surface area contributed by atoms with Crippen molar-refractivity contribution in [2.45, 2.75) is 25.9 Å². The van der Waals surface area contributed by atoms with Crippen molar-refractivity contribution in [2.75, 3.05) is 11.9 Å². The lowest BCUT2D eigenvalue weighted by Crippen LogP contribution is -2.12. The summed E-state index contributed by atoms with van der Waals surface area (Å²) < 4.78 is 36.0. The molecular weight excluding hydrogens is 293 g/mol. The van der Waals surface area contributed by atoms with E-state index in [1.807, 2.05) is 0 Å². The molecule has 0 aliphatic carbocycles. The summed E-state index contributed by atoms with van der Waals surface area (Å²) in [6, 6.07) is 2.08. The van der Waals surface area contributed by atoms with Gasteiger partial charge in [-0.1, -0.05) is 0 Å². The van der Waals surface area contributed by atoms with Gasteiger partial charge in [0.15, 0.2) is 0 Å². The first-order valence-corrected chi connectivity index (χ1v) is 5.95. The Morgan fingerprint density at radius 2 is 2.05 bits per heavy atom. The van der Waals surface area contributed by atoms with Crippen molar-refractivity contribution in [3.05, 3.63) is 33.4 Å². The monoisotopic (exact) mass is 306 g/mol. The van der Waals surface area contributed by atoms with Crippen molar-refractivity contribution in [1.29, 1.82) is 0 Å². The highest BCUT2D eigenvalue weighted by Crippen LogP contribution is 2.28. The number of aromatic carboxylic acids is 1. The normalized spacial score (nSPS) is 11.2. The number of alkyl halides is 3. The summed E-state index contributed by atoms with van der Waals surface area (Å²) in [5.41, 5.74) is -0.375. The van der Waals surface area contributed by atoms with Gasteiger partial charge in [-0.25, -0.2) is 4.79 Å². The second-order valence-electron chi connectivity index (χ2n) is 4.38. The Morgan fingerprint density at radius 3 is 2.52 bits per heavy atom. The molecule has 1 aromatic rings. The van der Waals surface area contributed by atoms with Crippen LogP contribution in [0.4, 0.5) is 24.5 Å². The van der Waals surface area contributed by atoms with Gasteiger partial charge in [-0.2, -0.15) is 13.2 Å². The van der Waals surface area contributed by atoms with Crippen LogP contribution in [0.1, 0.15) is 28.8 Å². The molecular formula is C12H13F3N2O4. The van der Waals surface area contributed by atoms with E-state index in [0.29, 0.717) is 0 Å². The third-order valence-corrected chi connectivity index (χ3v) is 2.78. The first kappa shape index (κ1) is 16.7. The number of nitro benzene ring substituents is 1. The molecule has 0 amide bonds. The summed E-state index contributed by atoms with van der Waals surface area (Å²) in [7, 11) is 0. The lowest BCUT2D eigenvalue weighted by molar-refractivity contribution is -0.385. The van der Waals surface area contributed by atoms with E-state index in [9.17, 15) is 28.1 Å². The number of nitrogens with one attached hydrogen (secondary N) is 1. The van der Waals surface area contributed by atoms with E-state index < -0.39 is 29.2 Å². The molecule has 0 fully saturated rings. The number of nitro groups is 1. The van der Waals surface area contributed by atoms with Gasteiger partial charge < -0.3 is 10.4 Å². The Hall–Kier alpha value is -2.32. The van der Waals surface area contributed by atoms with E-state index in [0.717, 1.165) is 12.1 Å². The highest BCUT2D eigenvalue weighted by molar-refractivity contribution is 5.90. The van der Waals surface area contributed by atoms with Crippen LogP contribution in [0.2, 0.25) is 0 Å². The van der Waals surface area contributed by atoms with E-state index in [-0.39, 0.29) is 29.8 Å². The predicted molar refractivity (Wildman–Crippen MR) is 68.6 cm³/mol. The number of nitrogens with zero attached hydrogens (tertiary/aromatic N) is 1. The first-order valence-electron chi connectivity index (χ1n) is 5.95. The van der Waals surface area contributed by atoms with Crippen molar-refractivity contribution in [3.8, 4) is 0 Å². The number of anilines is 1. The molecule has 0 saturated heterocycles. The van der Waals surface area contributed by atoms with E-state index in [1.165, 1.54) is 6.92 Å². The molecule has 1 aromatic carbocycles. The standard InChI is InChI=1S/C12H13F3N2O4/c1-7-9(16-4-2-3-12(13,14)15)5-8(11(18)19)6-10(7)17(20)21/h5-6,16H,2-4H2,1H3,(H,18,19). The van der Waals surface area contributed by atoms with Gasteiger partial charge in [-0.05, 0) is 19.4 Å². The summed E-state index contributed by atoms with van der Waals surface area (Å²) in [5, 5.41) is 22.3. The van der Waals surface area contributed by atoms with Crippen LogP contribution in [0.3, 0.4) is 0 Å². The molecule has 6 nitrogen and oxygen atoms in total. The molecule has 9 heteroatoms. The fourth-order valence-corrected chi connectivity index (χ4v) is 1.71. The Bertz CT molecular complexity index is 558. The lowest BCUT2D eigenvalue weighted by atomic mass is 10.1. The molecule has 21 heavy (non-hydrogen) atoms. The van der Waals surface area contributed by atoms with Gasteiger partial charge in [0.05, 0.1) is 10.5 Å². The maximum absolute atomic E-state index is 12.0. The third kappa shape index (κ3) is 4.93. The van der Waals surface area contributed by atoms with Gasteiger partial charge in [-0.3, -0.25) is 10.1 Å². The topological polar surface area (TPSA) is 92.5 Å². The molecule has 0 saturated carbocycles. The molecule has 0 radical (unpaired) electrons. The minimum atomic E-state index is -4.27. The molecule has 116 valence electrons. The molecule has 0 bridgehead atoms. The summed E-state index contributed by atoms with van der Waals surface area (Å²) in [5.74, 6) is -1.35. The largest absolute Gasteiger partial charge is 0.478 e. The van der Waals surface area contributed by atoms with Crippen LogP contribution in [0.25, 0.3) is 0 Å². The minimum Gasteiger partial charge on any atom is -0.478 e. The molecule has 1 rings (SSSR count). The van der Waals surface area contributed by atoms with E-state index in [2.05, 4.69) is 5.32 Å². The average molecular weight is 306 g/mol. The Balaban J connectivity index is 2.90. The lowest BCUT2D eigenvalue weighted by Gasteiger charge is -2.12. The van der Waals surface area contributed by atoms with E-state index >= 15 is 0 Å². The van der Waals surface area contributed by atoms with Crippen LogP contribution < -0.4 is 5.32 Å². The van der Waals surface area contributed by atoms with E-state index in [4.69, 9.17) is 5.11 Å². The van der Waals surface area contributed by atoms with Crippen LogP contribution in [-0.4, -0.2) is 28.7 Å². The second kappa shape index (κ2) is 6.42. The van der Waals surface area contributed by atoms with Crippen LogP contribution in [0, 0.1) is 17.0 Å². The van der Waals surface area contributed by atoms with Crippen LogP contribution >= 0.6 is 0 Å². The van der Waals surface area contributed by atoms with Gasteiger partial charge >= 0.3 is 12.1 Å². The first-order chi connectivity index (χ1) is 9.61. The van der Waals surface area contributed by atoms with Crippen molar-refractivity contribution in [1.82, 2.24) is 0 Å². The zero-order valence-electron chi connectivity index (χ0n) is 11.0. The van der Waals surface area contributed by atoms with Crippen LogP contribution in [0.15, 0.2) is 12.1 Å². The van der Waals surface area contributed by atoms with Crippen molar-refractivity contribution < 1.29 is 28.0 Å². The molecule has 0 heterocycles. The zero-order chi connectivity index (χ0) is 16.2. The summed E-state index contributed by atoms with van der Waals surface area (Å²) in [4.78, 5) is 21.0. The zero-order valence-corrected chi connectivity index (χ0v) is 11.0. The number of hydrogen-bond donors (Lipinski definition) is 2.